The van der Waals surface area contributed by atoms with Gasteiger partial charge in [-0.1, -0.05) is 12.8 Å². The van der Waals surface area contributed by atoms with Crippen LogP contribution in [-0.4, -0.2) is 37.0 Å². The standard InChI is InChI=1S/C15H29NO2/c1-12(10-13-6-8-18-9-7-13)16-11-15(17)14-4-2-3-5-14/h12-17H,2-11H2,1H3. The zero-order valence-corrected chi connectivity index (χ0v) is 11.7. The first-order valence-corrected chi connectivity index (χ1v) is 7.75. The molecule has 2 rings (SSSR count). The molecule has 0 spiro atoms. The van der Waals surface area contributed by atoms with Gasteiger partial charge in [-0.2, -0.15) is 0 Å². The van der Waals surface area contributed by atoms with Crippen molar-refractivity contribution in [3.05, 3.63) is 0 Å². The predicted octanol–water partition coefficient (Wildman–Crippen LogP) is 2.33. The lowest BCUT2D eigenvalue weighted by Gasteiger charge is -2.27. The Morgan fingerprint density at radius 1 is 1.17 bits per heavy atom. The third kappa shape index (κ3) is 4.52. The maximum absolute atomic E-state index is 10.1. The Morgan fingerprint density at radius 2 is 1.83 bits per heavy atom. The van der Waals surface area contributed by atoms with Gasteiger partial charge < -0.3 is 15.2 Å². The van der Waals surface area contributed by atoms with Crippen LogP contribution in [-0.2, 0) is 4.74 Å². The summed E-state index contributed by atoms with van der Waals surface area (Å²) < 4.78 is 5.39. The van der Waals surface area contributed by atoms with Crippen molar-refractivity contribution in [1.29, 1.82) is 0 Å². The van der Waals surface area contributed by atoms with Crippen molar-refractivity contribution in [1.82, 2.24) is 5.32 Å². The van der Waals surface area contributed by atoms with Crippen LogP contribution in [0.3, 0.4) is 0 Å². The second-order valence-corrected chi connectivity index (χ2v) is 6.21. The van der Waals surface area contributed by atoms with E-state index >= 15 is 0 Å². The molecule has 2 fully saturated rings. The second-order valence-electron chi connectivity index (χ2n) is 6.21. The Bertz CT molecular complexity index is 223. The Labute approximate surface area is 111 Å². The van der Waals surface area contributed by atoms with Gasteiger partial charge in [-0.15, -0.1) is 0 Å². The van der Waals surface area contributed by atoms with Crippen LogP contribution in [0.2, 0.25) is 0 Å². The van der Waals surface area contributed by atoms with Crippen LogP contribution in [0.1, 0.15) is 51.9 Å². The van der Waals surface area contributed by atoms with Crippen LogP contribution in [0, 0.1) is 11.8 Å². The number of nitrogens with one attached hydrogen (secondary N) is 1. The highest BCUT2D eigenvalue weighted by atomic mass is 16.5. The molecule has 0 bridgehead atoms. The highest BCUT2D eigenvalue weighted by Crippen LogP contribution is 2.27. The van der Waals surface area contributed by atoms with Gasteiger partial charge >= 0.3 is 0 Å². The molecule has 1 aliphatic carbocycles. The van der Waals surface area contributed by atoms with Crippen molar-refractivity contribution in [2.45, 2.75) is 64.0 Å². The summed E-state index contributed by atoms with van der Waals surface area (Å²) >= 11 is 0. The highest BCUT2D eigenvalue weighted by Gasteiger charge is 2.23. The van der Waals surface area contributed by atoms with Crippen molar-refractivity contribution in [3.8, 4) is 0 Å². The Kier molecular flexibility index (Phi) is 5.93. The molecule has 3 nitrogen and oxygen atoms in total. The van der Waals surface area contributed by atoms with Gasteiger partial charge in [0, 0.05) is 25.8 Å². The molecule has 2 N–H and O–H groups in total. The van der Waals surface area contributed by atoms with E-state index < -0.39 is 0 Å². The van der Waals surface area contributed by atoms with Crippen LogP contribution in [0.5, 0.6) is 0 Å². The molecule has 2 unspecified atom stereocenters. The summed E-state index contributed by atoms with van der Waals surface area (Å²) in [7, 11) is 0. The van der Waals surface area contributed by atoms with E-state index in [2.05, 4.69) is 12.2 Å². The molecule has 3 heteroatoms. The van der Waals surface area contributed by atoms with E-state index in [4.69, 9.17) is 4.74 Å². The number of hydrogen-bond acceptors (Lipinski definition) is 3. The lowest BCUT2D eigenvalue weighted by atomic mass is 9.93. The minimum atomic E-state index is -0.135. The van der Waals surface area contributed by atoms with Crippen LogP contribution in [0.25, 0.3) is 0 Å². The third-order valence-corrected chi connectivity index (χ3v) is 4.65. The van der Waals surface area contributed by atoms with Crippen LogP contribution >= 0.6 is 0 Å². The Hall–Kier alpha value is -0.120. The fourth-order valence-corrected chi connectivity index (χ4v) is 3.40. The van der Waals surface area contributed by atoms with Crippen molar-refractivity contribution in [2.75, 3.05) is 19.8 Å². The minimum Gasteiger partial charge on any atom is -0.392 e. The first-order valence-electron chi connectivity index (χ1n) is 7.75. The van der Waals surface area contributed by atoms with Gasteiger partial charge in [0.25, 0.3) is 0 Å². The van der Waals surface area contributed by atoms with Gasteiger partial charge in [-0.25, -0.2) is 0 Å². The summed E-state index contributed by atoms with van der Waals surface area (Å²) in [5, 5.41) is 13.6. The maximum Gasteiger partial charge on any atom is 0.0692 e. The predicted molar refractivity (Wildman–Crippen MR) is 73.6 cm³/mol. The second kappa shape index (κ2) is 7.46. The number of aliphatic hydroxyl groups excluding tert-OH is 1. The van der Waals surface area contributed by atoms with Crippen molar-refractivity contribution in [2.24, 2.45) is 11.8 Å². The normalized spacial score (nSPS) is 26.3. The summed E-state index contributed by atoms with van der Waals surface area (Å²) in [6, 6.07) is 0.518. The average molecular weight is 255 g/mol. The summed E-state index contributed by atoms with van der Waals surface area (Å²) in [5.41, 5.74) is 0. The summed E-state index contributed by atoms with van der Waals surface area (Å²) in [6.45, 7) is 4.88. The van der Waals surface area contributed by atoms with Crippen LogP contribution in [0.4, 0.5) is 0 Å². The van der Waals surface area contributed by atoms with Gasteiger partial charge in [0.15, 0.2) is 0 Å². The Morgan fingerprint density at radius 3 is 2.50 bits per heavy atom. The van der Waals surface area contributed by atoms with Gasteiger partial charge in [0.2, 0.25) is 0 Å². The molecule has 0 aromatic carbocycles. The van der Waals surface area contributed by atoms with Gasteiger partial charge in [-0.05, 0) is 50.9 Å². The molecular weight excluding hydrogens is 226 g/mol. The first kappa shape index (κ1) is 14.3. The molecule has 1 heterocycles. The maximum atomic E-state index is 10.1. The lowest BCUT2D eigenvalue weighted by molar-refractivity contribution is 0.0593. The van der Waals surface area contributed by atoms with E-state index in [1.165, 1.54) is 44.9 Å². The van der Waals surface area contributed by atoms with Crippen LogP contribution < -0.4 is 5.32 Å². The highest BCUT2D eigenvalue weighted by molar-refractivity contribution is 4.78. The van der Waals surface area contributed by atoms with E-state index in [1.54, 1.807) is 0 Å². The lowest BCUT2D eigenvalue weighted by Crippen LogP contribution is -2.38. The van der Waals surface area contributed by atoms with E-state index in [-0.39, 0.29) is 6.10 Å². The van der Waals surface area contributed by atoms with Crippen molar-refractivity contribution < 1.29 is 9.84 Å². The Balaban J connectivity index is 1.59. The average Bonchev–Trinajstić information content (AvgIpc) is 2.91. The molecule has 2 aliphatic rings. The summed E-state index contributed by atoms with van der Waals surface area (Å²) in [6.07, 6.45) is 8.55. The third-order valence-electron chi connectivity index (χ3n) is 4.65. The summed E-state index contributed by atoms with van der Waals surface area (Å²) in [4.78, 5) is 0. The molecular formula is C15H29NO2. The largest absolute Gasteiger partial charge is 0.392 e. The monoisotopic (exact) mass is 255 g/mol. The molecule has 1 saturated heterocycles. The molecule has 106 valence electrons. The van der Waals surface area contributed by atoms with E-state index in [9.17, 15) is 5.11 Å². The van der Waals surface area contributed by atoms with Crippen molar-refractivity contribution in [3.63, 3.8) is 0 Å². The number of aliphatic hydroxyl groups is 1. The van der Waals surface area contributed by atoms with E-state index in [0.29, 0.717) is 12.0 Å². The fourth-order valence-electron chi connectivity index (χ4n) is 3.40. The van der Waals surface area contributed by atoms with Gasteiger partial charge in [0.05, 0.1) is 6.10 Å². The topological polar surface area (TPSA) is 41.5 Å². The number of ether oxygens (including phenoxy) is 1. The quantitative estimate of drug-likeness (QED) is 0.765. The first-order chi connectivity index (χ1) is 8.75. The van der Waals surface area contributed by atoms with E-state index in [1.807, 2.05) is 0 Å². The minimum absolute atomic E-state index is 0.135. The molecule has 0 radical (unpaired) electrons. The zero-order valence-electron chi connectivity index (χ0n) is 11.7. The number of rotatable bonds is 6. The smallest absolute Gasteiger partial charge is 0.0692 e. The number of hydrogen-bond donors (Lipinski definition) is 2. The van der Waals surface area contributed by atoms with E-state index in [0.717, 1.165) is 25.7 Å². The molecule has 18 heavy (non-hydrogen) atoms. The van der Waals surface area contributed by atoms with Crippen molar-refractivity contribution >= 4 is 0 Å². The molecule has 0 amide bonds. The van der Waals surface area contributed by atoms with Crippen LogP contribution in [0.15, 0.2) is 0 Å². The van der Waals surface area contributed by atoms with Gasteiger partial charge in [-0.3, -0.25) is 0 Å². The van der Waals surface area contributed by atoms with Gasteiger partial charge in [0.1, 0.15) is 0 Å². The summed E-state index contributed by atoms with van der Waals surface area (Å²) in [5.74, 6) is 1.36. The molecule has 1 saturated carbocycles. The molecule has 1 aliphatic heterocycles. The molecule has 0 aromatic rings. The molecule has 0 aromatic heterocycles. The molecule has 2 atom stereocenters. The fraction of sp³-hybridized carbons (Fsp3) is 1.00. The zero-order chi connectivity index (χ0) is 12.8. The SMILES string of the molecule is CC(CC1CCOCC1)NCC(O)C1CCCC1.